The second-order valence-electron chi connectivity index (χ2n) is 7.65. The number of anilines is 1. The zero-order valence-corrected chi connectivity index (χ0v) is 18.7. The maximum absolute atomic E-state index is 12.8. The number of hydrogen-bond donors (Lipinski definition) is 1. The minimum atomic E-state index is -3.61. The molecule has 0 bridgehead atoms. The number of sulfonamides is 1. The van der Waals surface area contributed by atoms with Gasteiger partial charge in [0.25, 0.3) is 0 Å². The molecule has 29 heavy (non-hydrogen) atoms. The maximum Gasteiger partial charge on any atom is 0.240 e. The van der Waals surface area contributed by atoms with Gasteiger partial charge in [0.2, 0.25) is 10.0 Å². The predicted octanol–water partition coefficient (Wildman–Crippen LogP) is 2.67. The number of likely N-dealkylation sites (N-methyl/N-ethyl adjacent to an activating group) is 1. The van der Waals surface area contributed by atoms with E-state index in [9.17, 15) is 8.42 Å². The zero-order chi connectivity index (χ0) is 21.0. The van der Waals surface area contributed by atoms with Crippen LogP contribution in [0.1, 0.15) is 11.6 Å². The molecule has 0 amide bonds. The summed E-state index contributed by atoms with van der Waals surface area (Å²) in [5, 5.41) is 0.514. The molecule has 3 rings (SSSR count). The number of hydrogen-bond acceptors (Lipinski definition) is 5. The number of halogens is 1. The van der Waals surface area contributed by atoms with E-state index in [0.29, 0.717) is 11.6 Å². The number of benzene rings is 2. The van der Waals surface area contributed by atoms with Crippen LogP contribution in [-0.2, 0) is 10.0 Å². The number of piperazine rings is 1. The summed E-state index contributed by atoms with van der Waals surface area (Å²) in [4.78, 5) is 6.93. The van der Waals surface area contributed by atoms with Gasteiger partial charge in [0.15, 0.2) is 0 Å². The summed E-state index contributed by atoms with van der Waals surface area (Å²) in [6, 6.07) is 14.6. The van der Waals surface area contributed by atoms with Crippen molar-refractivity contribution in [2.75, 3.05) is 58.8 Å². The molecule has 1 fully saturated rings. The van der Waals surface area contributed by atoms with Gasteiger partial charge >= 0.3 is 0 Å². The molecule has 0 spiro atoms. The number of nitrogens with one attached hydrogen (secondary N) is 1. The van der Waals surface area contributed by atoms with E-state index in [1.807, 2.05) is 14.1 Å². The van der Waals surface area contributed by atoms with E-state index in [0.717, 1.165) is 37.4 Å². The highest BCUT2D eigenvalue weighted by atomic mass is 35.5. The van der Waals surface area contributed by atoms with Crippen LogP contribution in [0.2, 0.25) is 5.02 Å². The Morgan fingerprint density at radius 2 is 1.59 bits per heavy atom. The Hall–Kier alpha value is -1.64. The summed E-state index contributed by atoms with van der Waals surface area (Å²) in [5.41, 5.74) is 2.23. The first-order valence-electron chi connectivity index (χ1n) is 9.71. The van der Waals surface area contributed by atoms with Crippen molar-refractivity contribution < 1.29 is 8.42 Å². The highest BCUT2D eigenvalue weighted by Crippen LogP contribution is 2.25. The first-order valence-corrected chi connectivity index (χ1v) is 11.6. The van der Waals surface area contributed by atoms with Crippen molar-refractivity contribution in [2.24, 2.45) is 0 Å². The highest BCUT2D eigenvalue weighted by Gasteiger charge is 2.26. The topological polar surface area (TPSA) is 55.9 Å². The Kier molecular flexibility index (Phi) is 7.19. The molecule has 1 N–H and O–H groups in total. The van der Waals surface area contributed by atoms with E-state index in [1.54, 1.807) is 12.1 Å². The van der Waals surface area contributed by atoms with E-state index in [1.165, 1.54) is 12.1 Å². The fraction of sp³-hybridized carbons (Fsp3) is 0.429. The van der Waals surface area contributed by atoms with Gasteiger partial charge in [0, 0.05) is 63.6 Å². The van der Waals surface area contributed by atoms with Gasteiger partial charge in [-0.2, -0.15) is 0 Å². The van der Waals surface area contributed by atoms with Crippen molar-refractivity contribution >= 4 is 27.3 Å². The summed E-state index contributed by atoms with van der Waals surface area (Å²) in [7, 11) is 2.52. The van der Waals surface area contributed by atoms with Crippen molar-refractivity contribution in [3.63, 3.8) is 0 Å². The molecule has 1 aliphatic rings. The van der Waals surface area contributed by atoms with Gasteiger partial charge in [-0.15, -0.1) is 0 Å². The lowest BCUT2D eigenvalue weighted by molar-refractivity contribution is 0.113. The van der Waals surface area contributed by atoms with Gasteiger partial charge in [-0.1, -0.05) is 23.7 Å². The summed E-state index contributed by atoms with van der Waals surface area (Å²) in [5.74, 6) is 0. The van der Waals surface area contributed by atoms with E-state index in [-0.39, 0.29) is 10.9 Å². The third kappa shape index (κ3) is 5.71. The Labute approximate surface area is 179 Å². The third-order valence-electron chi connectivity index (χ3n) is 5.36. The van der Waals surface area contributed by atoms with Crippen LogP contribution >= 0.6 is 11.6 Å². The lowest BCUT2D eigenvalue weighted by atomic mass is 10.0. The molecule has 0 saturated carbocycles. The molecule has 0 radical (unpaired) electrons. The predicted molar refractivity (Wildman–Crippen MR) is 119 cm³/mol. The Morgan fingerprint density at radius 3 is 2.14 bits per heavy atom. The van der Waals surface area contributed by atoms with Crippen molar-refractivity contribution in [1.82, 2.24) is 14.5 Å². The standard InChI is InChI=1S/C21H29ClN4O2S/c1-24(2)19-8-4-17(5-9-19)21(26-14-12-25(3)13-15-26)16-23-29(27,28)20-10-6-18(22)7-11-20/h4-11,21,23H,12-16H2,1-3H3/t21-/m1/s1. The molecule has 158 valence electrons. The number of rotatable bonds is 7. The third-order valence-corrected chi connectivity index (χ3v) is 7.05. The van der Waals surface area contributed by atoms with Crippen molar-refractivity contribution in [1.29, 1.82) is 0 Å². The maximum atomic E-state index is 12.8. The normalized spacial score (nSPS) is 17.2. The van der Waals surface area contributed by atoms with Crippen molar-refractivity contribution in [3.8, 4) is 0 Å². The van der Waals surface area contributed by atoms with Gasteiger partial charge in [0.05, 0.1) is 4.90 Å². The van der Waals surface area contributed by atoms with Crippen LogP contribution in [0.4, 0.5) is 5.69 Å². The zero-order valence-electron chi connectivity index (χ0n) is 17.2. The second-order valence-corrected chi connectivity index (χ2v) is 9.85. The van der Waals surface area contributed by atoms with Crippen LogP contribution in [0.5, 0.6) is 0 Å². The molecular formula is C21H29ClN4O2S. The van der Waals surface area contributed by atoms with Gasteiger partial charge in [-0.3, -0.25) is 4.90 Å². The molecule has 1 heterocycles. The van der Waals surface area contributed by atoms with Crippen molar-refractivity contribution in [2.45, 2.75) is 10.9 Å². The summed E-state index contributed by atoms with van der Waals surface area (Å²) in [6.07, 6.45) is 0. The molecule has 6 nitrogen and oxygen atoms in total. The van der Waals surface area contributed by atoms with Crippen LogP contribution < -0.4 is 9.62 Å². The second kappa shape index (κ2) is 9.45. The first-order chi connectivity index (χ1) is 13.8. The molecule has 0 unspecified atom stereocenters. The fourth-order valence-corrected chi connectivity index (χ4v) is 4.64. The summed E-state index contributed by atoms with van der Waals surface area (Å²) >= 11 is 5.89. The van der Waals surface area contributed by atoms with Gasteiger partial charge < -0.3 is 9.80 Å². The lowest BCUT2D eigenvalue weighted by Gasteiger charge is -2.38. The molecule has 1 aliphatic heterocycles. The first kappa shape index (κ1) is 22.1. The minimum Gasteiger partial charge on any atom is -0.378 e. The highest BCUT2D eigenvalue weighted by molar-refractivity contribution is 7.89. The number of nitrogens with zero attached hydrogens (tertiary/aromatic N) is 3. The summed E-state index contributed by atoms with van der Waals surface area (Å²) in [6.45, 7) is 4.06. The van der Waals surface area contributed by atoms with Crippen LogP contribution in [0.15, 0.2) is 53.4 Å². The average molecular weight is 437 g/mol. The van der Waals surface area contributed by atoms with E-state index in [4.69, 9.17) is 11.6 Å². The van der Waals surface area contributed by atoms with Gasteiger partial charge in [-0.05, 0) is 49.0 Å². The van der Waals surface area contributed by atoms with Crippen LogP contribution in [-0.4, -0.2) is 72.1 Å². The molecule has 2 aromatic carbocycles. The smallest absolute Gasteiger partial charge is 0.240 e. The Balaban J connectivity index is 1.80. The largest absolute Gasteiger partial charge is 0.378 e. The van der Waals surface area contributed by atoms with E-state index < -0.39 is 10.0 Å². The molecule has 0 aromatic heterocycles. The molecular weight excluding hydrogens is 408 g/mol. The summed E-state index contributed by atoms with van der Waals surface area (Å²) < 4.78 is 28.3. The van der Waals surface area contributed by atoms with Gasteiger partial charge in [-0.25, -0.2) is 13.1 Å². The quantitative estimate of drug-likeness (QED) is 0.723. The molecule has 0 aliphatic carbocycles. The fourth-order valence-electron chi connectivity index (χ4n) is 3.47. The molecule has 8 heteroatoms. The SMILES string of the molecule is CN1CCN([C@H](CNS(=O)(=O)c2ccc(Cl)cc2)c2ccc(N(C)C)cc2)CC1. The Morgan fingerprint density at radius 1 is 1.00 bits per heavy atom. The van der Waals surface area contributed by atoms with Crippen LogP contribution in [0.25, 0.3) is 0 Å². The van der Waals surface area contributed by atoms with Crippen LogP contribution in [0, 0.1) is 0 Å². The minimum absolute atomic E-state index is 0.0259. The lowest BCUT2D eigenvalue weighted by Crippen LogP contribution is -2.48. The van der Waals surface area contributed by atoms with E-state index >= 15 is 0 Å². The molecule has 2 aromatic rings. The Bertz CT molecular complexity index is 893. The monoisotopic (exact) mass is 436 g/mol. The van der Waals surface area contributed by atoms with Crippen molar-refractivity contribution in [3.05, 3.63) is 59.1 Å². The van der Waals surface area contributed by atoms with Crippen LogP contribution in [0.3, 0.4) is 0 Å². The van der Waals surface area contributed by atoms with Gasteiger partial charge in [0.1, 0.15) is 0 Å². The average Bonchev–Trinajstić information content (AvgIpc) is 2.70. The molecule has 1 atom stereocenters. The van der Waals surface area contributed by atoms with E-state index in [2.05, 4.69) is 50.7 Å². The molecule has 1 saturated heterocycles.